The molecule has 0 heterocycles. The highest BCUT2D eigenvalue weighted by Crippen LogP contribution is 2.21. The maximum absolute atomic E-state index is 5.38. The maximum Gasteiger partial charge on any atom is 0.255 e. The molecule has 2 nitrogen and oxygen atoms in total. The van der Waals surface area contributed by atoms with Gasteiger partial charge in [-0.05, 0) is 18.1 Å². The van der Waals surface area contributed by atoms with Gasteiger partial charge in [0.1, 0.15) is 0 Å². The van der Waals surface area contributed by atoms with Crippen LogP contribution in [0.4, 0.5) is 0 Å². The van der Waals surface area contributed by atoms with Crippen molar-refractivity contribution in [2.45, 2.75) is 45.8 Å². The van der Waals surface area contributed by atoms with Crippen molar-refractivity contribution in [3.05, 3.63) is 0 Å². The van der Waals surface area contributed by atoms with Crippen LogP contribution in [0.1, 0.15) is 27.7 Å². The van der Waals surface area contributed by atoms with E-state index in [1.807, 2.05) is 0 Å². The minimum atomic E-state index is -1.58. The van der Waals surface area contributed by atoms with Crippen LogP contribution in [0.5, 0.6) is 0 Å². The summed E-state index contributed by atoms with van der Waals surface area (Å²) < 4.78 is 5.38. The van der Waals surface area contributed by atoms with Gasteiger partial charge < -0.3 is 0 Å². The Kier molecular flexibility index (Phi) is 5.86. The topological polar surface area (TPSA) is 18.5 Å². The van der Waals surface area contributed by atoms with Gasteiger partial charge in [-0.3, -0.25) is 4.89 Å². The molecule has 0 aromatic carbocycles. The molecule has 0 radical (unpaired) electrons. The van der Waals surface area contributed by atoms with Crippen LogP contribution in [0.15, 0.2) is 0 Å². The van der Waals surface area contributed by atoms with Crippen LogP contribution in [0.3, 0.4) is 0 Å². The van der Waals surface area contributed by atoms with E-state index in [0.29, 0.717) is 0 Å². The first-order chi connectivity index (χ1) is 5.74. The van der Waals surface area contributed by atoms with Crippen molar-refractivity contribution in [1.82, 2.24) is 0 Å². The average molecular weight is 186 g/mol. The van der Waals surface area contributed by atoms with E-state index in [9.17, 15) is 0 Å². The minimum absolute atomic E-state index is 1.09. The Balaban J connectivity index is 3.98. The van der Waals surface area contributed by atoms with Gasteiger partial charge in [-0.15, -0.1) is 0 Å². The highest BCUT2D eigenvalue weighted by molar-refractivity contribution is 6.73. The van der Waals surface area contributed by atoms with Crippen LogP contribution in [-0.4, -0.2) is 8.32 Å². The molecule has 0 saturated heterocycles. The van der Waals surface area contributed by atoms with Crippen LogP contribution in [-0.2, 0) is 9.46 Å². The Hall–Kier alpha value is -0.463. The molecular weight excluding hydrogens is 168 g/mol. The number of hydrogen-bond acceptors (Lipinski definition) is 2. The van der Waals surface area contributed by atoms with E-state index in [4.69, 9.17) is 9.46 Å². The summed E-state index contributed by atoms with van der Waals surface area (Å²) >= 11 is 0. The van der Waals surface area contributed by atoms with Crippen LogP contribution in [0, 0.1) is 12.0 Å². The number of rotatable bonds is 5. The first kappa shape index (κ1) is 11.5. The predicted molar refractivity (Wildman–Crippen MR) is 52.8 cm³/mol. The molecule has 3 heteroatoms. The van der Waals surface area contributed by atoms with Crippen molar-refractivity contribution in [3.63, 3.8) is 0 Å². The van der Waals surface area contributed by atoms with Crippen LogP contribution < -0.4 is 0 Å². The van der Waals surface area contributed by atoms with Crippen molar-refractivity contribution < 1.29 is 9.46 Å². The summed E-state index contributed by atoms with van der Waals surface area (Å²) in [7, 11) is -1.58. The van der Waals surface area contributed by atoms with E-state index in [1.165, 1.54) is 0 Å². The third-order valence-electron chi connectivity index (χ3n) is 2.30. The zero-order valence-electron chi connectivity index (χ0n) is 8.44. The molecule has 0 spiro atoms. The first-order valence-corrected chi connectivity index (χ1v) is 7.04. The summed E-state index contributed by atoms with van der Waals surface area (Å²) in [5, 5.41) is 0. The van der Waals surface area contributed by atoms with Gasteiger partial charge in [-0.2, -0.15) is 0 Å². The van der Waals surface area contributed by atoms with E-state index < -0.39 is 8.32 Å². The molecule has 12 heavy (non-hydrogen) atoms. The van der Waals surface area contributed by atoms with E-state index in [1.54, 1.807) is 6.92 Å². The quantitative estimate of drug-likeness (QED) is 0.284. The molecule has 70 valence electrons. The van der Waals surface area contributed by atoms with Gasteiger partial charge in [-0.1, -0.05) is 26.7 Å². The van der Waals surface area contributed by atoms with E-state index >= 15 is 0 Å². The van der Waals surface area contributed by atoms with Crippen LogP contribution in [0.2, 0.25) is 18.1 Å². The zero-order chi connectivity index (χ0) is 9.45. The normalized spacial score (nSPS) is 10.3. The molecule has 0 aliphatic rings. The lowest BCUT2D eigenvalue weighted by molar-refractivity contribution is -0.148. The summed E-state index contributed by atoms with van der Waals surface area (Å²) in [6.07, 6.45) is 2.47. The van der Waals surface area contributed by atoms with E-state index in [2.05, 4.69) is 32.8 Å². The summed E-state index contributed by atoms with van der Waals surface area (Å²) in [5.74, 6) is 2.64. The SMILES string of the molecule is CC#COO[Si](CC)(CC)CC. The Morgan fingerprint density at radius 2 is 1.58 bits per heavy atom. The van der Waals surface area contributed by atoms with Crippen molar-refractivity contribution in [1.29, 1.82) is 0 Å². The summed E-state index contributed by atoms with van der Waals surface area (Å²) in [6.45, 7) is 8.20. The van der Waals surface area contributed by atoms with Crippen molar-refractivity contribution in [2.24, 2.45) is 0 Å². The van der Waals surface area contributed by atoms with Gasteiger partial charge in [-0.25, -0.2) is 4.58 Å². The lowest BCUT2D eigenvalue weighted by Gasteiger charge is -2.23. The van der Waals surface area contributed by atoms with E-state index in [-0.39, 0.29) is 0 Å². The molecule has 0 rings (SSSR count). The molecule has 0 amide bonds. The molecule has 0 saturated carbocycles. The highest BCUT2D eigenvalue weighted by Gasteiger charge is 2.31. The summed E-state index contributed by atoms with van der Waals surface area (Å²) in [6, 6.07) is 3.27. The third kappa shape index (κ3) is 3.29. The highest BCUT2D eigenvalue weighted by atomic mass is 28.4. The summed E-state index contributed by atoms with van der Waals surface area (Å²) in [5.41, 5.74) is 0. The van der Waals surface area contributed by atoms with Crippen molar-refractivity contribution in [3.8, 4) is 12.0 Å². The average Bonchev–Trinajstić information content (AvgIpc) is 2.14. The predicted octanol–water partition coefficient (Wildman–Crippen LogP) is 2.92. The lowest BCUT2D eigenvalue weighted by Crippen LogP contribution is -2.35. The minimum Gasteiger partial charge on any atom is -0.294 e. The van der Waals surface area contributed by atoms with Gasteiger partial charge in [0.05, 0.1) is 0 Å². The monoisotopic (exact) mass is 186 g/mol. The Morgan fingerprint density at radius 1 is 1.08 bits per heavy atom. The zero-order valence-corrected chi connectivity index (χ0v) is 9.44. The van der Waals surface area contributed by atoms with Crippen molar-refractivity contribution >= 4 is 8.32 Å². The lowest BCUT2D eigenvalue weighted by atomic mass is 10.8. The molecule has 0 unspecified atom stereocenters. The summed E-state index contributed by atoms with van der Waals surface area (Å²) in [4.78, 5) is 4.82. The molecule has 0 aliphatic heterocycles. The van der Waals surface area contributed by atoms with Gasteiger partial charge >= 0.3 is 0 Å². The molecular formula is C9H18O2Si. The molecule has 0 atom stereocenters. The van der Waals surface area contributed by atoms with Crippen molar-refractivity contribution in [2.75, 3.05) is 0 Å². The maximum atomic E-state index is 5.38. The fraction of sp³-hybridized carbons (Fsp3) is 0.778. The molecule has 0 aromatic heterocycles. The largest absolute Gasteiger partial charge is 0.294 e. The molecule has 0 bridgehead atoms. The Labute approximate surface area is 76.3 Å². The molecule has 0 N–H and O–H groups in total. The van der Waals surface area contributed by atoms with Gasteiger partial charge in [0.25, 0.3) is 8.32 Å². The molecule has 0 aromatic rings. The smallest absolute Gasteiger partial charge is 0.255 e. The fourth-order valence-electron chi connectivity index (χ4n) is 1.08. The molecule has 0 fully saturated rings. The Morgan fingerprint density at radius 3 is 1.92 bits per heavy atom. The molecule has 0 aliphatic carbocycles. The standard InChI is InChI=1S/C9H18O2Si/c1-5-9-10-11-12(6-2,7-3)8-4/h6-8H2,1-4H3. The number of hydrogen-bond donors (Lipinski definition) is 0. The second-order valence-corrected chi connectivity index (χ2v) is 7.42. The van der Waals surface area contributed by atoms with Gasteiger partial charge in [0, 0.05) is 6.92 Å². The Bertz CT molecular complexity index is 157. The van der Waals surface area contributed by atoms with E-state index in [0.717, 1.165) is 18.1 Å². The van der Waals surface area contributed by atoms with Gasteiger partial charge in [0.15, 0.2) is 6.11 Å². The fourth-order valence-corrected chi connectivity index (χ4v) is 3.15. The van der Waals surface area contributed by atoms with Crippen LogP contribution in [0.25, 0.3) is 0 Å². The first-order valence-electron chi connectivity index (χ1n) is 4.51. The third-order valence-corrected chi connectivity index (χ3v) is 6.60. The second kappa shape index (κ2) is 6.10. The van der Waals surface area contributed by atoms with Crippen LogP contribution >= 0.6 is 0 Å². The second-order valence-electron chi connectivity index (χ2n) is 2.76. The van der Waals surface area contributed by atoms with Gasteiger partial charge in [0.2, 0.25) is 0 Å².